The first-order valence-corrected chi connectivity index (χ1v) is 9.10. The highest BCUT2D eigenvalue weighted by Crippen LogP contribution is 2.18. The zero-order valence-electron chi connectivity index (χ0n) is 17.1. The molecule has 28 heavy (non-hydrogen) atoms. The van der Waals surface area contributed by atoms with Crippen molar-refractivity contribution in [3.63, 3.8) is 0 Å². The number of rotatable bonds is 8. The van der Waals surface area contributed by atoms with Gasteiger partial charge < -0.3 is 20.5 Å². The molecule has 1 aromatic heterocycles. The number of Topliss-reactive ketones (excluding diaryl/α,β-unsaturated/α-hetero) is 1. The number of carbonyl (C=O) groups excluding carboxylic acids is 2. The summed E-state index contributed by atoms with van der Waals surface area (Å²) in [7, 11) is 0. The lowest BCUT2D eigenvalue weighted by Crippen LogP contribution is -2.52. The van der Waals surface area contributed by atoms with Crippen LogP contribution in [0, 0.1) is 13.8 Å². The number of benzene rings is 1. The molecule has 0 unspecified atom stereocenters. The predicted molar refractivity (Wildman–Crippen MR) is 109 cm³/mol. The molecule has 0 saturated carbocycles. The Morgan fingerprint density at radius 2 is 1.86 bits per heavy atom. The van der Waals surface area contributed by atoms with Gasteiger partial charge in [-0.2, -0.15) is 0 Å². The number of nitrogens with one attached hydrogen (secondary N) is 1. The van der Waals surface area contributed by atoms with E-state index in [1.807, 2.05) is 38.1 Å². The second kappa shape index (κ2) is 8.73. The van der Waals surface area contributed by atoms with Gasteiger partial charge in [-0.15, -0.1) is 0 Å². The number of carbonyl (C=O) groups is 2. The Morgan fingerprint density at radius 3 is 2.46 bits per heavy atom. The smallest absolute Gasteiger partial charge is 0.217 e. The summed E-state index contributed by atoms with van der Waals surface area (Å²) in [4.78, 5) is 28.9. The first kappa shape index (κ1) is 21.2. The van der Waals surface area contributed by atoms with Crippen molar-refractivity contribution in [1.29, 1.82) is 0 Å². The van der Waals surface area contributed by atoms with Crippen molar-refractivity contribution in [3.8, 4) is 0 Å². The molecule has 150 valence electrons. The summed E-state index contributed by atoms with van der Waals surface area (Å²) in [5, 5.41) is 6.46. The fourth-order valence-corrected chi connectivity index (χ4v) is 2.95. The second-order valence-corrected chi connectivity index (χ2v) is 7.34. The number of amides is 1. The number of hydrogen-bond donors (Lipinski definition) is 2. The fourth-order valence-electron chi connectivity index (χ4n) is 2.95. The van der Waals surface area contributed by atoms with E-state index in [0.717, 1.165) is 17.0 Å². The molecule has 0 fully saturated rings. The van der Waals surface area contributed by atoms with Crippen molar-refractivity contribution in [1.82, 2.24) is 9.88 Å². The van der Waals surface area contributed by atoms with Crippen LogP contribution in [0.5, 0.6) is 0 Å². The van der Waals surface area contributed by atoms with Gasteiger partial charge >= 0.3 is 0 Å². The number of nitrogens with zero attached hydrogens (tertiary/aromatic N) is 2. The molecule has 3 N–H and O–H groups in total. The summed E-state index contributed by atoms with van der Waals surface area (Å²) in [5.41, 5.74) is 8.65. The monoisotopic (exact) mass is 384 g/mol. The van der Waals surface area contributed by atoms with Gasteiger partial charge in [0, 0.05) is 30.4 Å². The minimum absolute atomic E-state index is 0.0880. The van der Waals surface area contributed by atoms with E-state index in [2.05, 4.69) is 27.2 Å². The Labute approximate surface area is 165 Å². The van der Waals surface area contributed by atoms with Crippen LogP contribution in [0.4, 0.5) is 0 Å². The molecule has 0 aliphatic heterocycles. The van der Waals surface area contributed by atoms with Gasteiger partial charge in [0.1, 0.15) is 0 Å². The van der Waals surface area contributed by atoms with Gasteiger partial charge in [-0.3, -0.25) is 9.59 Å². The lowest BCUT2D eigenvalue weighted by atomic mass is 10.0. The number of oxime groups is 1. The average Bonchev–Trinajstić information content (AvgIpc) is 2.89. The Kier molecular flexibility index (Phi) is 6.62. The summed E-state index contributed by atoms with van der Waals surface area (Å²) >= 11 is 0. The molecule has 2 aromatic rings. The molecule has 0 radical (unpaired) electrons. The Hall–Kier alpha value is -3.09. The molecule has 0 saturated heterocycles. The number of hydrogen-bond acceptors (Lipinski definition) is 4. The molecule has 7 heteroatoms. The van der Waals surface area contributed by atoms with E-state index >= 15 is 0 Å². The van der Waals surface area contributed by atoms with E-state index in [-0.39, 0.29) is 24.1 Å². The highest BCUT2D eigenvalue weighted by Gasteiger charge is 2.24. The van der Waals surface area contributed by atoms with E-state index in [1.54, 1.807) is 13.8 Å². The van der Waals surface area contributed by atoms with Crippen molar-refractivity contribution >= 4 is 17.5 Å². The third-order valence-electron chi connectivity index (χ3n) is 4.54. The van der Waals surface area contributed by atoms with Crippen molar-refractivity contribution in [2.45, 2.75) is 46.7 Å². The van der Waals surface area contributed by atoms with Crippen LogP contribution in [0.2, 0.25) is 0 Å². The Bertz CT molecular complexity index is 883. The topological polar surface area (TPSA) is 98.7 Å². The van der Waals surface area contributed by atoms with Gasteiger partial charge in [0.25, 0.3) is 0 Å². The number of nitrogens with two attached hydrogens (primary N) is 1. The van der Waals surface area contributed by atoms with Crippen molar-refractivity contribution < 1.29 is 14.4 Å². The fraction of sp³-hybridized carbons (Fsp3) is 0.381. The van der Waals surface area contributed by atoms with Crippen molar-refractivity contribution in [2.75, 3.05) is 6.61 Å². The first-order valence-electron chi connectivity index (χ1n) is 9.10. The highest BCUT2D eigenvalue weighted by molar-refractivity contribution is 5.98. The number of aromatic nitrogens is 1. The molecule has 1 amide bonds. The largest absolute Gasteiger partial charge is 0.386 e. The Morgan fingerprint density at radius 1 is 1.21 bits per heavy atom. The van der Waals surface area contributed by atoms with Crippen molar-refractivity contribution in [2.24, 2.45) is 10.9 Å². The molecular formula is C21H28N4O3. The first-order chi connectivity index (χ1) is 13.1. The maximum Gasteiger partial charge on any atom is 0.217 e. The third kappa shape index (κ3) is 5.22. The average molecular weight is 384 g/mol. The van der Waals surface area contributed by atoms with Gasteiger partial charge in [0.15, 0.2) is 12.4 Å². The summed E-state index contributed by atoms with van der Waals surface area (Å²) in [6.45, 7) is 9.16. The lowest BCUT2D eigenvalue weighted by molar-refractivity contribution is -0.119. The molecule has 0 aliphatic rings. The number of ketones is 1. The molecule has 0 aliphatic carbocycles. The van der Waals surface area contributed by atoms with E-state index in [0.29, 0.717) is 12.1 Å². The van der Waals surface area contributed by atoms with Crippen molar-refractivity contribution in [3.05, 3.63) is 58.9 Å². The molecule has 7 nitrogen and oxygen atoms in total. The normalized spacial score (nSPS) is 12.0. The SMILES string of the molecule is CC(=O)NC(C)(C)/C(N)=N/OCC(=O)c1cc(C)n(Cc2ccccc2)c1C. The Balaban J connectivity index is 2.06. The number of aryl methyl sites for hydroxylation is 1. The molecule has 0 atom stereocenters. The van der Waals surface area contributed by atoms with Gasteiger partial charge in [-0.25, -0.2) is 0 Å². The van der Waals surface area contributed by atoms with E-state index in [9.17, 15) is 9.59 Å². The lowest BCUT2D eigenvalue weighted by Gasteiger charge is -2.23. The number of amidine groups is 1. The summed E-state index contributed by atoms with van der Waals surface area (Å²) in [6, 6.07) is 11.9. The van der Waals surface area contributed by atoms with E-state index in [1.165, 1.54) is 6.92 Å². The molecule has 2 rings (SSSR count). The van der Waals surface area contributed by atoms with Gasteiger partial charge in [0.05, 0.1) is 5.54 Å². The molecule has 1 heterocycles. The van der Waals surface area contributed by atoms with E-state index in [4.69, 9.17) is 10.6 Å². The van der Waals surface area contributed by atoms with Crippen LogP contribution in [0.25, 0.3) is 0 Å². The van der Waals surface area contributed by atoms with Gasteiger partial charge in [-0.1, -0.05) is 35.5 Å². The van der Waals surface area contributed by atoms with Gasteiger partial charge in [0.2, 0.25) is 11.7 Å². The minimum atomic E-state index is -0.861. The molecule has 0 bridgehead atoms. The summed E-state index contributed by atoms with van der Waals surface area (Å²) < 4.78 is 2.10. The second-order valence-electron chi connectivity index (χ2n) is 7.34. The molecule has 0 spiro atoms. The maximum absolute atomic E-state index is 12.6. The molecule has 1 aromatic carbocycles. The summed E-state index contributed by atoms with van der Waals surface area (Å²) in [6.07, 6.45) is 0. The zero-order chi connectivity index (χ0) is 20.9. The van der Waals surface area contributed by atoms with Crippen LogP contribution >= 0.6 is 0 Å². The molecular weight excluding hydrogens is 356 g/mol. The summed E-state index contributed by atoms with van der Waals surface area (Å²) in [5.74, 6) is -0.323. The third-order valence-corrected chi connectivity index (χ3v) is 4.54. The van der Waals surface area contributed by atoms with Crippen LogP contribution in [0.1, 0.15) is 48.1 Å². The van der Waals surface area contributed by atoms with Crippen LogP contribution < -0.4 is 11.1 Å². The predicted octanol–water partition coefficient (Wildman–Crippen LogP) is 2.54. The van der Waals surface area contributed by atoms with Crippen LogP contribution in [-0.2, 0) is 16.2 Å². The van der Waals surface area contributed by atoms with E-state index < -0.39 is 5.54 Å². The van der Waals surface area contributed by atoms with Crippen LogP contribution in [-0.4, -0.2) is 34.2 Å². The highest BCUT2D eigenvalue weighted by atomic mass is 16.6. The maximum atomic E-state index is 12.6. The van der Waals surface area contributed by atoms with Crippen LogP contribution in [0.15, 0.2) is 41.6 Å². The standard InChI is InChI=1S/C21H28N4O3/c1-14-11-18(15(2)25(14)12-17-9-7-6-8-10-17)19(27)13-28-24-20(22)21(4,5)23-16(3)26/h6-11H,12-13H2,1-5H3,(H2,22,24)(H,23,26). The van der Waals surface area contributed by atoms with Crippen LogP contribution in [0.3, 0.4) is 0 Å². The van der Waals surface area contributed by atoms with Gasteiger partial charge in [-0.05, 0) is 39.3 Å². The quantitative estimate of drug-likeness (QED) is 0.316. The minimum Gasteiger partial charge on any atom is -0.386 e. The zero-order valence-corrected chi connectivity index (χ0v) is 17.1.